The van der Waals surface area contributed by atoms with Gasteiger partial charge in [0.15, 0.2) is 5.78 Å². The topological polar surface area (TPSA) is 116 Å². The molecule has 2 N–H and O–H groups in total. The molecule has 0 saturated heterocycles. The first-order valence-electron chi connectivity index (χ1n) is 8.60. The summed E-state index contributed by atoms with van der Waals surface area (Å²) in [6, 6.07) is 0.408. The van der Waals surface area contributed by atoms with Crippen LogP contribution in [0, 0.1) is 0 Å². The number of esters is 2. The van der Waals surface area contributed by atoms with Crippen molar-refractivity contribution >= 4 is 23.8 Å². The SMILES string of the molecule is CCOC(=O)C1=C(COC(=O)c2cc(C(C)=O)cn2C)NC(=O)N[C@@H]1CC. The second-order valence-corrected chi connectivity index (χ2v) is 6.03. The first kappa shape index (κ1) is 20.2. The molecular formula is C18H23N3O6. The lowest BCUT2D eigenvalue weighted by atomic mass is 10.0. The van der Waals surface area contributed by atoms with Gasteiger partial charge in [-0.1, -0.05) is 6.92 Å². The van der Waals surface area contributed by atoms with Gasteiger partial charge < -0.3 is 24.7 Å². The average molecular weight is 377 g/mol. The van der Waals surface area contributed by atoms with Crippen molar-refractivity contribution in [3.63, 3.8) is 0 Å². The van der Waals surface area contributed by atoms with E-state index in [1.54, 1.807) is 14.0 Å². The summed E-state index contributed by atoms with van der Waals surface area (Å²) in [7, 11) is 1.62. The number of rotatable bonds is 7. The molecule has 0 aromatic carbocycles. The molecule has 0 saturated carbocycles. The van der Waals surface area contributed by atoms with Crippen molar-refractivity contribution < 1.29 is 28.7 Å². The molecule has 146 valence electrons. The quantitative estimate of drug-likeness (QED) is 0.546. The second kappa shape index (κ2) is 8.52. The maximum Gasteiger partial charge on any atom is 0.355 e. The van der Waals surface area contributed by atoms with Crippen molar-refractivity contribution in [3.8, 4) is 0 Å². The van der Waals surface area contributed by atoms with Crippen molar-refractivity contribution in [2.45, 2.75) is 33.2 Å². The number of ether oxygens (including phenoxy) is 2. The summed E-state index contributed by atoms with van der Waals surface area (Å²) in [5.41, 5.74) is 0.976. The van der Waals surface area contributed by atoms with E-state index in [-0.39, 0.29) is 36.0 Å². The van der Waals surface area contributed by atoms with Gasteiger partial charge in [0.1, 0.15) is 12.3 Å². The third-order valence-corrected chi connectivity index (χ3v) is 4.12. The van der Waals surface area contributed by atoms with Gasteiger partial charge >= 0.3 is 18.0 Å². The van der Waals surface area contributed by atoms with Gasteiger partial charge in [0.25, 0.3) is 0 Å². The number of nitrogens with zero attached hydrogens (tertiary/aromatic N) is 1. The van der Waals surface area contributed by atoms with E-state index in [9.17, 15) is 19.2 Å². The summed E-state index contributed by atoms with van der Waals surface area (Å²) >= 11 is 0. The van der Waals surface area contributed by atoms with Gasteiger partial charge in [0, 0.05) is 18.8 Å². The van der Waals surface area contributed by atoms with E-state index in [4.69, 9.17) is 9.47 Å². The van der Waals surface area contributed by atoms with Gasteiger partial charge in [0.05, 0.1) is 23.9 Å². The summed E-state index contributed by atoms with van der Waals surface area (Å²) in [6.45, 7) is 4.76. The van der Waals surface area contributed by atoms with E-state index in [1.165, 1.54) is 23.8 Å². The number of carbonyl (C=O) groups excluding carboxylic acids is 4. The number of hydrogen-bond donors (Lipinski definition) is 2. The van der Waals surface area contributed by atoms with Crippen molar-refractivity contribution in [3.05, 3.63) is 34.8 Å². The highest BCUT2D eigenvalue weighted by Gasteiger charge is 2.32. The van der Waals surface area contributed by atoms with Crippen LogP contribution in [0.4, 0.5) is 4.79 Å². The average Bonchev–Trinajstić information content (AvgIpc) is 3.01. The monoisotopic (exact) mass is 377 g/mol. The molecule has 0 unspecified atom stereocenters. The molecule has 0 radical (unpaired) electrons. The van der Waals surface area contributed by atoms with Crippen LogP contribution in [-0.4, -0.2) is 47.6 Å². The molecular weight excluding hydrogens is 354 g/mol. The first-order chi connectivity index (χ1) is 12.8. The maximum atomic E-state index is 12.4. The van der Waals surface area contributed by atoms with E-state index in [2.05, 4.69) is 10.6 Å². The minimum absolute atomic E-state index is 0.173. The molecule has 9 heteroatoms. The molecule has 1 aromatic heterocycles. The molecule has 2 amide bonds. The molecule has 1 aromatic rings. The summed E-state index contributed by atoms with van der Waals surface area (Å²) in [5, 5.41) is 5.14. The highest BCUT2D eigenvalue weighted by molar-refractivity contribution is 5.98. The van der Waals surface area contributed by atoms with Crippen molar-refractivity contribution in [2.24, 2.45) is 7.05 Å². The maximum absolute atomic E-state index is 12.4. The van der Waals surface area contributed by atoms with Gasteiger partial charge in [-0.2, -0.15) is 0 Å². The second-order valence-electron chi connectivity index (χ2n) is 6.03. The molecule has 2 rings (SSSR count). The lowest BCUT2D eigenvalue weighted by Gasteiger charge is -2.28. The van der Waals surface area contributed by atoms with Crippen molar-refractivity contribution in [1.29, 1.82) is 0 Å². The molecule has 1 aliphatic rings. The van der Waals surface area contributed by atoms with Gasteiger partial charge in [-0.15, -0.1) is 0 Å². The minimum Gasteiger partial charge on any atom is -0.463 e. The molecule has 9 nitrogen and oxygen atoms in total. The van der Waals surface area contributed by atoms with Gasteiger partial charge in [-0.05, 0) is 26.3 Å². The van der Waals surface area contributed by atoms with Crippen LogP contribution < -0.4 is 10.6 Å². The molecule has 27 heavy (non-hydrogen) atoms. The van der Waals surface area contributed by atoms with Gasteiger partial charge in [-0.3, -0.25) is 4.79 Å². The van der Waals surface area contributed by atoms with Crippen LogP contribution in [0.1, 0.15) is 48.0 Å². The molecule has 2 heterocycles. The van der Waals surface area contributed by atoms with Gasteiger partial charge in [-0.25, -0.2) is 14.4 Å². The van der Waals surface area contributed by atoms with Crippen LogP contribution in [0.2, 0.25) is 0 Å². The van der Waals surface area contributed by atoms with Crippen molar-refractivity contribution in [1.82, 2.24) is 15.2 Å². The van der Waals surface area contributed by atoms with Crippen LogP contribution in [0.15, 0.2) is 23.5 Å². The Morgan fingerprint density at radius 1 is 1.19 bits per heavy atom. The van der Waals surface area contributed by atoms with Crippen LogP contribution >= 0.6 is 0 Å². The fourth-order valence-electron chi connectivity index (χ4n) is 2.75. The lowest BCUT2D eigenvalue weighted by Crippen LogP contribution is -2.51. The first-order valence-corrected chi connectivity index (χ1v) is 8.60. The zero-order valence-corrected chi connectivity index (χ0v) is 15.8. The Kier molecular flexibility index (Phi) is 6.38. The number of nitrogens with one attached hydrogen (secondary N) is 2. The minimum atomic E-state index is -0.679. The number of carbonyl (C=O) groups is 4. The standard InChI is InChI=1S/C18H23N3O6/c1-5-12-15(17(24)26-6-2)13(20-18(25)19-12)9-27-16(23)14-7-11(10(3)22)8-21(14)4/h7-8,12H,5-6,9H2,1-4H3,(H2,19,20,25)/t12-/m1/s1. The summed E-state index contributed by atoms with van der Waals surface area (Å²) in [6.07, 6.45) is 2.00. The predicted octanol–water partition coefficient (Wildman–Crippen LogP) is 1.29. The number of amides is 2. The molecule has 0 fully saturated rings. The summed E-state index contributed by atoms with van der Waals surface area (Å²) in [5.74, 6) is -1.43. The predicted molar refractivity (Wildman–Crippen MR) is 95.1 cm³/mol. The van der Waals surface area contributed by atoms with Crippen LogP contribution in [0.3, 0.4) is 0 Å². The lowest BCUT2D eigenvalue weighted by molar-refractivity contribution is -0.139. The summed E-state index contributed by atoms with van der Waals surface area (Å²) in [4.78, 5) is 47.9. The number of aromatic nitrogens is 1. The van der Waals surface area contributed by atoms with E-state index in [0.29, 0.717) is 12.0 Å². The Balaban J connectivity index is 2.23. The molecule has 0 aliphatic carbocycles. The highest BCUT2D eigenvalue weighted by atomic mass is 16.5. The number of ketones is 1. The number of aryl methyl sites for hydroxylation is 1. The van der Waals surface area contributed by atoms with E-state index < -0.39 is 24.0 Å². The number of urea groups is 1. The largest absolute Gasteiger partial charge is 0.463 e. The molecule has 1 aliphatic heterocycles. The highest BCUT2D eigenvalue weighted by Crippen LogP contribution is 2.18. The fourth-order valence-corrected chi connectivity index (χ4v) is 2.75. The number of Topliss-reactive ketones (excluding diaryl/α,β-unsaturated/α-hetero) is 1. The smallest absolute Gasteiger partial charge is 0.355 e. The third kappa shape index (κ3) is 4.55. The Morgan fingerprint density at radius 2 is 1.89 bits per heavy atom. The van der Waals surface area contributed by atoms with Crippen LogP contribution in [-0.2, 0) is 21.3 Å². The number of hydrogen-bond acceptors (Lipinski definition) is 6. The molecule has 0 bridgehead atoms. The van der Waals surface area contributed by atoms with Crippen molar-refractivity contribution in [2.75, 3.05) is 13.2 Å². The molecule has 1 atom stereocenters. The van der Waals surface area contributed by atoms with Crippen LogP contribution in [0.5, 0.6) is 0 Å². The zero-order valence-electron chi connectivity index (χ0n) is 15.8. The van der Waals surface area contributed by atoms with E-state index >= 15 is 0 Å². The normalized spacial score (nSPS) is 16.4. The Bertz CT molecular complexity index is 808. The van der Waals surface area contributed by atoms with Crippen LogP contribution in [0.25, 0.3) is 0 Å². The Morgan fingerprint density at radius 3 is 2.44 bits per heavy atom. The summed E-state index contributed by atoms with van der Waals surface area (Å²) < 4.78 is 11.8. The Labute approximate surface area is 156 Å². The zero-order chi connectivity index (χ0) is 20.1. The fraction of sp³-hybridized carbons (Fsp3) is 0.444. The van der Waals surface area contributed by atoms with Gasteiger partial charge in [0.2, 0.25) is 0 Å². The van der Waals surface area contributed by atoms with E-state index in [0.717, 1.165) is 0 Å². The van der Waals surface area contributed by atoms with E-state index in [1.807, 2.05) is 6.92 Å². The molecule has 0 spiro atoms. The third-order valence-electron chi connectivity index (χ3n) is 4.12. The Hall–Kier alpha value is -3.10.